The Kier molecular flexibility index (Phi) is 5.65. The Labute approximate surface area is 150 Å². The Morgan fingerprint density at radius 2 is 2.12 bits per heavy atom. The van der Waals surface area contributed by atoms with E-state index in [4.69, 9.17) is 9.47 Å². The second-order valence-electron chi connectivity index (χ2n) is 6.51. The number of thioether (sulfide) groups is 1. The predicted octanol–water partition coefficient (Wildman–Crippen LogP) is 1.21. The molecule has 1 fully saturated rings. The Bertz CT molecular complexity index is 645. The van der Waals surface area contributed by atoms with Gasteiger partial charge in [0.25, 0.3) is 0 Å². The van der Waals surface area contributed by atoms with E-state index >= 15 is 0 Å². The van der Waals surface area contributed by atoms with Crippen LogP contribution < -0.4 is 0 Å². The molecule has 8 heteroatoms. The number of amidine groups is 1. The molecular formula is C17H23FN2O4S. The zero-order valence-electron chi connectivity index (χ0n) is 14.4. The molecule has 6 nitrogen and oxygen atoms in total. The summed E-state index contributed by atoms with van der Waals surface area (Å²) >= 11 is 1.42. The molecule has 3 rings (SSSR count). The van der Waals surface area contributed by atoms with Gasteiger partial charge in [0.2, 0.25) is 0 Å². The van der Waals surface area contributed by atoms with Crippen molar-refractivity contribution in [2.24, 2.45) is 4.99 Å². The van der Waals surface area contributed by atoms with Gasteiger partial charge >= 0.3 is 0 Å². The first-order valence-electron chi connectivity index (χ1n) is 8.16. The normalized spacial score (nSPS) is 32.9. The van der Waals surface area contributed by atoms with E-state index in [-0.39, 0.29) is 17.9 Å². The highest BCUT2D eigenvalue weighted by Gasteiger charge is 2.50. The van der Waals surface area contributed by atoms with Crippen molar-refractivity contribution >= 4 is 16.9 Å². The molecule has 0 unspecified atom stereocenters. The van der Waals surface area contributed by atoms with Crippen LogP contribution in [0.25, 0.3) is 0 Å². The minimum Gasteiger partial charge on any atom is -0.388 e. The fourth-order valence-electron chi connectivity index (χ4n) is 2.93. The first kappa shape index (κ1) is 18.6. The average Bonchev–Trinajstić information content (AvgIpc) is 3.01. The second kappa shape index (κ2) is 7.59. The molecule has 2 heterocycles. The third-order valence-corrected chi connectivity index (χ3v) is 5.64. The van der Waals surface area contributed by atoms with Crippen molar-refractivity contribution < 1.29 is 24.1 Å². The fourth-order valence-corrected chi connectivity index (χ4v) is 4.07. The first-order chi connectivity index (χ1) is 11.9. The van der Waals surface area contributed by atoms with Gasteiger partial charge in [-0.2, -0.15) is 0 Å². The van der Waals surface area contributed by atoms with E-state index in [1.807, 2.05) is 19.0 Å². The third-order valence-electron chi connectivity index (χ3n) is 4.33. The maximum absolute atomic E-state index is 13.2. The summed E-state index contributed by atoms with van der Waals surface area (Å²) in [5.74, 6) is -0.323. The summed E-state index contributed by atoms with van der Waals surface area (Å²) in [6, 6.07) is 5.66. The molecule has 2 aliphatic rings. The van der Waals surface area contributed by atoms with E-state index in [1.54, 1.807) is 19.1 Å². The molecule has 138 valence electrons. The molecule has 0 aliphatic carbocycles. The van der Waals surface area contributed by atoms with Crippen molar-refractivity contribution in [3.63, 3.8) is 0 Å². The number of benzene rings is 1. The molecular weight excluding hydrogens is 347 g/mol. The van der Waals surface area contributed by atoms with Gasteiger partial charge in [-0.15, -0.1) is 0 Å². The number of fused-ring (bicyclic) bond motifs is 1. The molecule has 1 aromatic rings. The predicted molar refractivity (Wildman–Crippen MR) is 93.8 cm³/mol. The molecule has 1 aromatic carbocycles. The SMILES string of the molecule is C[C@H](OCc1cccc(F)c1)[C@H]1O[C@@H]2SC(N(C)C)=N[C@@H]2[C@@H](O)[C@@H]1O. The molecule has 0 amide bonds. The Balaban J connectivity index is 1.63. The van der Waals surface area contributed by atoms with Gasteiger partial charge in [0.15, 0.2) is 5.17 Å². The monoisotopic (exact) mass is 370 g/mol. The Hall–Kier alpha value is -1.19. The number of hydrogen-bond donors (Lipinski definition) is 2. The molecule has 6 atom stereocenters. The van der Waals surface area contributed by atoms with Crippen LogP contribution in [-0.4, -0.2) is 70.3 Å². The van der Waals surface area contributed by atoms with Gasteiger partial charge in [-0.1, -0.05) is 23.9 Å². The number of aliphatic imine (C=N–C) groups is 1. The van der Waals surface area contributed by atoms with E-state index in [2.05, 4.69) is 4.99 Å². The van der Waals surface area contributed by atoms with Crippen LogP contribution >= 0.6 is 11.8 Å². The zero-order chi connectivity index (χ0) is 18.1. The number of nitrogens with zero attached hydrogens (tertiary/aromatic N) is 2. The number of aliphatic hydroxyl groups is 2. The lowest BCUT2D eigenvalue weighted by Gasteiger charge is -2.40. The van der Waals surface area contributed by atoms with Gasteiger partial charge in [0, 0.05) is 14.1 Å². The van der Waals surface area contributed by atoms with Crippen LogP contribution in [0.1, 0.15) is 12.5 Å². The van der Waals surface area contributed by atoms with Crippen LogP contribution in [0.4, 0.5) is 4.39 Å². The molecule has 0 bridgehead atoms. The third kappa shape index (κ3) is 3.98. The van der Waals surface area contributed by atoms with Crippen molar-refractivity contribution in [2.45, 2.75) is 49.4 Å². The topological polar surface area (TPSA) is 74.5 Å². The van der Waals surface area contributed by atoms with Gasteiger partial charge < -0.3 is 24.6 Å². The summed E-state index contributed by atoms with van der Waals surface area (Å²) in [6.45, 7) is 1.97. The van der Waals surface area contributed by atoms with Gasteiger partial charge in [-0.3, -0.25) is 4.99 Å². The summed E-state index contributed by atoms with van der Waals surface area (Å²) in [7, 11) is 3.74. The summed E-state index contributed by atoms with van der Waals surface area (Å²) < 4.78 is 24.9. The molecule has 2 N–H and O–H groups in total. The van der Waals surface area contributed by atoms with E-state index < -0.39 is 30.5 Å². The van der Waals surface area contributed by atoms with Gasteiger partial charge in [-0.25, -0.2) is 4.39 Å². The van der Waals surface area contributed by atoms with E-state index in [0.717, 1.165) is 5.17 Å². The lowest BCUT2D eigenvalue weighted by Crippen LogP contribution is -2.58. The molecule has 2 aliphatic heterocycles. The van der Waals surface area contributed by atoms with Crippen molar-refractivity contribution in [1.82, 2.24) is 4.90 Å². The largest absolute Gasteiger partial charge is 0.388 e. The quantitative estimate of drug-likeness (QED) is 0.830. The molecule has 0 aromatic heterocycles. The van der Waals surface area contributed by atoms with Crippen molar-refractivity contribution in [3.8, 4) is 0 Å². The van der Waals surface area contributed by atoms with Crippen molar-refractivity contribution in [2.75, 3.05) is 14.1 Å². The molecule has 1 saturated heterocycles. The lowest BCUT2D eigenvalue weighted by molar-refractivity contribution is -0.193. The van der Waals surface area contributed by atoms with Gasteiger partial charge in [0.05, 0.1) is 12.7 Å². The van der Waals surface area contributed by atoms with Crippen LogP contribution in [-0.2, 0) is 16.1 Å². The summed E-state index contributed by atoms with van der Waals surface area (Å²) in [5, 5.41) is 21.6. The molecule has 0 saturated carbocycles. The highest BCUT2D eigenvalue weighted by Crippen LogP contribution is 2.38. The van der Waals surface area contributed by atoms with E-state index in [0.29, 0.717) is 5.56 Å². The van der Waals surface area contributed by atoms with Crippen LogP contribution in [0.5, 0.6) is 0 Å². The number of hydrogen-bond acceptors (Lipinski definition) is 7. The number of rotatable bonds is 4. The summed E-state index contributed by atoms with van der Waals surface area (Å²) in [6.07, 6.45) is -3.28. The Morgan fingerprint density at radius 1 is 1.36 bits per heavy atom. The second-order valence-corrected chi connectivity index (χ2v) is 7.58. The highest BCUT2D eigenvalue weighted by molar-refractivity contribution is 8.14. The molecule has 0 radical (unpaired) electrons. The molecule has 0 spiro atoms. The average molecular weight is 370 g/mol. The van der Waals surface area contributed by atoms with E-state index in [9.17, 15) is 14.6 Å². The minimum absolute atomic E-state index is 0.197. The zero-order valence-corrected chi connectivity index (χ0v) is 15.2. The van der Waals surface area contributed by atoms with Crippen LogP contribution in [0.15, 0.2) is 29.3 Å². The lowest BCUT2D eigenvalue weighted by atomic mass is 9.95. The maximum Gasteiger partial charge on any atom is 0.161 e. The standard InChI is InChI=1S/C17H23FN2O4S/c1-9(23-8-10-5-4-6-11(18)7-10)15-14(22)13(21)12-16(24-15)25-17(19-12)20(2)3/h4-7,9,12-16,21-22H,8H2,1-3H3/t9-,12+,13+,14-,15+,16+/m0/s1. The fraction of sp³-hybridized carbons (Fsp3) is 0.588. The van der Waals surface area contributed by atoms with Crippen LogP contribution in [0.2, 0.25) is 0 Å². The highest BCUT2D eigenvalue weighted by atomic mass is 32.2. The minimum atomic E-state index is -1.10. The number of ether oxygens (including phenoxy) is 2. The van der Waals surface area contributed by atoms with Gasteiger partial charge in [0.1, 0.15) is 35.6 Å². The number of aliphatic hydroxyl groups excluding tert-OH is 2. The molecule has 25 heavy (non-hydrogen) atoms. The van der Waals surface area contributed by atoms with Crippen LogP contribution in [0, 0.1) is 5.82 Å². The van der Waals surface area contributed by atoms with Crippen molar-refractivity contribution in [3.05, 3.63) is 35.6 Å². The van der Waals surface area contributed by atoms with Crippen LogP contribution in [0.3, 0.4) is 0 Å². The van der Waals surface area contributed by atoms with E-state index in [1.165, 1.54) is 23.9 Å². The summed E-state index contributed by atoms with van der Waals surface area (Å²) in [4.78, 5) is 6.28. The summed E-state index contributed by atoms with van der Waals surface area (Å²) in [5.41, 5.74) is 0.338. The smallest absolute Gasteiger partial charge is 0.161 e. The Morgan fingerprint density at radius 3 is 2.80 bits per heavy atom. The van der Waals surface area contributed by atoms with Gasteiger partial charge in [-0.05, 0) is 24.6 Å². The maximum atomic E-state index is 13.2. The first-order valence-corrected chi connectivity index (χ1v) is 9.04. The number of halogens is 1. The van der Waals surface area contributed by atoms with Crippen molar-refractivity contribution in [1.29, 1.82) is 0 Å².